The van der Waals surface area contributed by atoms with Gasteiger partial charge in [0.1, 0.15) is 0 Å². The number of anilines is 1. The Balaban J connectivity index is 2.67. The number of hydrazine groups is 1. The van der Waals surface area contributed by atoms with Crippen LogP contribution in [0.2, 0.25) is 5.02 Å². The molecule has 15 heavy (non-hydrogen) atoms. The molecule has 0 aliphatic carbocycles. The molecule has 1 aromatic rings. The lowest BCUT2D eigenvalue weighted by Gasteiger charge is -2.11. The molecule has 0 atom stereocenters. The van der Waals surface area contributed by atoms with Gasteiger partial charge in [-0.1, -0.05) is 17.7 Å². The van der Waals surface area contributed by atoms with Crippen LogP contribution in [0.15, 0.2) is 18.2 Å². The highest BCUT2D eigenvalue weighted by Crippen LogP contribution is 2.19. The lowest BCUT2D eigenvalue weighted by atomic mass is 10.2. The molecule has 0 heterocycles. The van der Waals surface area contributed by atoms with E-state index in [1.807, 2.05) is 13.0 Å². The zero-order valence-electron chi connectivity index (χ0n) is 8.00. The molecule has 0 unspecified atom stereocenters. The van der Waals surface area contributed by atoms with E-state index >= 15 is 0 Å². The second kappa shape index (κ2) is 5.53. The van der Waals surface area contributed by atoms with Gasteiger partial charge in [0.25, 0.3) is 0 Å². The van der Waals surface area contributed by atoms with Crippen molar-refractivity contribution in [2.75, 3.05) is 5.32 Å². The van der Waals surface area contributed by atoms with E-state index in [0.717, 1.165) is 11.3 Å². The van der Waals surface area contributed by atoms with Gasteiger partial charge in [0.05, 0.1) is 0 Å². The molecular formula is C9H10ClN3OS. The summed E-state index contributed by atoms with van der Waals surface area (Å²) in [5.41, 5.74) is 6.53. The first-order chi connectivity index (χ1) is 7.13. The van der Waals surface area contributed by atoms with Crippen molar-refractivity contribution < 1.29 is 4.79 Å². The van der Waals surface area contributed by atoms with Crippen molar-refractivity contribution in [1.82, 2.24) is 10.9 Å². The van der Waals surface area contributed by atoms with Crippen molar-refractivity contribution >= 4 is 41.0 Å². The first-order valence-corrected chi connectivity index (χ1v) is 4.94. The average Bonchev–Trinajstić information content (AvgIpc) is 2.20. The highest BCUT2D eigenvalue weighted by atomic mass is 35.5. The highest BCUT2D eigenvalue weighted by Gasteiger charge is 2.01. The molecule has 0 aliphatic heterocycles. The minimum atomic E-state index is 0.299. The van der Waals surface area contributed by atoms with Crippen molar-refractivity contribution in [2.45, 2.75) is 6.92 Å². The van der Waals surface area contributed by atoms with Crippen LogP contribution in [0, 0.1) is 6.92 Å². The Morgan fingerprint density at radius 3 is 2.93 bits per heavy atom. The van der Waals surface area contributed by atoms with E-state index in [2.05, 4.69) is 16.2 Å². The third-order valence-corrected chi connectivity index (χ3v) is 2.13. The van der Waals surface area contributed by atoms with E-state index in [9.17, 15) is 4.79 Å². The van der Waals surface area contributed by atoms with E-state index < -0.39 is 0 Å². The standard InChI is InChI=1S/C9H10ClN3OS/c1-6-2-3-7(10)4-8(6)12-9(15)13-11-5-14/h2-5H,1H3,(H,11,14)(H2,12,13,15). The number of hydrogen-bond acceptors (Lipinski definition) is 2. The minimum absolute atomic E-state index is 0.299. The number of benzene rings is 1. The predicted octanol–water partition coefficient (Wildman–Crippen LogP) is 1.60. The molecule has 0 bridgehead atoms. The van der Waals surface area contributed by atoms with Crippen molar-refractivity contribution in [3.8, 4) is 0 Å². The normalized spacial score (nSPS) is 9.20. The fraction of sp³-hybridized carbons (Fsp3) is 0.111. The van der Waals surface area contributed by atoms with E-state index in [1.54, 1.807) is 12.1 Å². The van der Waals surface area contributed by atoms with Gasteiger partial charge in [-0.15, -0.1) is 0 Å². The van der Waals surface area contributed by atoms with Gasteiger partial charge in [0.15, 0.2) is 5.11 Å². The van der Waals surface area contributed by atoms with Gasteiger partial charge in [0.2, 0.25) is 6.41 Å². The minimum Gasteiger partial charge on any atom is -0.331 e. The number of rotatable bonds is 3. The number of aryl methyl sites for hydroxylation is 1. The molecule has 4 nitrogen and oxygen atoms in total. The molecule has 3 N–H and O–H groups in total. The van der Waals surface area contributed by atoms with Gasteiger partial charge in [-0.2, -0.15) is 0 Å². The molecule has 0 aliphatic rings. The fourth-order valence-electron chi connectivity index (χ4n) is 0.977. The number of carbonyl (C=O) groups excluding carboxylic acids is 1. The number of thiocarbonyl (C=S) groups is 1. The molecule has 6 heteroatoms. The van der Waals surface area contributed by atoms with Crippen LogP contribution in [0.5, 0.6) is 0 Å². The van der Waals surface area contributed by atoms with Gasteiger partial charge < -0.3 is 5.32 Å². The van der Waals surface area contributed by atoms with Crippen LogP contribution in [0.25, 0.3) is 0 Å². The monoisotopic (exact) mass is 243 g/mol. The summed E-state index contributed by atoms with van der Waals surface area (Å²) in [4.78, 5) is 10.0. The van der Waals surface area contributed by atoms with Crippen molar-refractivity contribution in [3.05, 3.63) is 28.8 Å². The Morgan fingerprint density at radius 2 is 2.27 bits per heavy atom. The Labute approximate surface area is 98.0 Å². The quantitative estimate of drug-likeness (QED) is 0.429. The van der Waals surface area contributed by atoms with Crippen LogP contribution in [-0.4, -0.2) is 11.5 Å². The largest absolute Gasteiger partial charge is 0.331 e. The zero-order valence-corrected chi connectivity index (χ0v) is 9.58. The van der Waals surface area contributed by atoms with E-state index in [0.29, 0.717) is 16.5 Å². The second-order valence-corrected chi connectivity index (χ2v) is 3.65. The summed E-state index contributed by atoms with van der Waals surface area (Å²) in [5, 5.41) is 3.82. The maximum Gasteiger partial charge on any atom is 0.225 e. The number of amides is 1. The Bertz CT molecular complexity index is 384. The van der Waals surface area contributed by atoms with Gasteiger partial charge in [0, 0.05) is 10.7 Å². The number of nitrogens with one attached hydrogen (secondary N) is 3. The zero-order chi connectivity index (χ0) is 11.3. The third-order valence-electron chi connectivity index (χ3n) is 1.69. The maximum atomic E-state index is 10.0. The third kappa shape index (κ3) is 3.73. The lowest BCUT2D eigenvalue weighted by Crippen LogP contribution is -2.39. The van der Waals surface area contributed by atoms with Crippen LogP contribution >= 0.6 is 23.8 Å². The van der Waals surface area contributed by atoms with Gasteiger partial charge in [-0.3, -0.25) is 15.6 Å². The molecule has 1 aromatic carbocycles. The van der Waals surface area contributed by atoms with Gasteiger partial charge in [-0.05, 0) is 36.8 Å². The molecule has 0 radical (unpaired) electrons. The first-order valence-electron chi connectivity index (χ1n) is 4.16. The molecule has 0 spiro atoms. The molecule has 0 saturated heterocycles. The van der Waals surface area contributed by atoms with Gasteiger partial charge >= 0.3 is 0 Å². The molecular weight excluding hydrogens is 234 g/mol. The van der Waals surface area contributed by atoms with Crippen LogP contribution in [-0.2, 0) is 4.79 Å². The summed E-state index contributed by atoms with van der Waals surface area (Å²) >= 11 is 10.7. The second-order valence-electron chi connectivity index (χ2n) is 2.80. The molecule has 0 aromatic heterocycles. The predicted molar refractivity (Wildman–Crippen MR) is 64.7 cm³/mol. The Kier molecular flexibility index (Phi) is 4.33. The van der Waals surface area contributed by atoms with Crippen LogP contribution in [0.3, 0.4) is 0 Å². The molecule has 0 fully saturated rings. The SMILES string of the molecule is Cc1ccc(Cl)cc1NC(=S)NNC=O. The van der Waals surface area contributed by atoms with Crippen LogP contribution < -0.4 is 16.2 Å². The smallest absolute Gasteiger partial charge is 0.225 e. The summed E-state index contributed by atoms with van der Waals surface area (Å²) in [6.07, 6.45) is 0.499. The highest BCUT2D eigenvalue weighted by molar-refractivity contribution is 7.80. The Hall–Kier alpha value is -1.33. The van der Waals surface area contributed by atoms with Crippen LogP contribution in [0.4, 0.5) is 5.69 Å². The van der Waals surface area contributed by atoms with E-state index in [1.165, 1.54) is 0 Å². The first kappa shape index (κ1) is 11.7. The number of halogens is 1. The molecule has 1 amide bonds. The maximum absolute atomic E-state index is 10.0. The summed E-state index contributed by atoms with van der Waals surface area (Å²) in [7, 11) is 0. The topological polar surface area (TPSA) is 53.2 Å². The summed E-state index contributed by atoms with van der Waals surface area (Å²) < 4.78 is 0. The van der Waals surface area contributed by atoms with E-state index in [-0.39, 0.29) is 0 Å². The summed E-state index contributed by atoms with van der Waals surface area (Å²) in [5.74, 6) is 0. The van der Waals surface area contributed by atoms with Crippen molar-refractivity contribution in [3.63, 3.8) is 0 Å². The summed E-state index contributed by atoms with van der Waals surface area (Å²) in [6.45, 7) is 1.93. The summed E-state index contributed by atoms with van der Waals surface area (Å²) in [6, 6.07) is 5.43. The van der Waals surface area contributed by atoms with E-state index in [4.69, 9.17) is 23.8 Å². The average molecular weight is 244 g/mol. The molecule has 80 valence electrons. The number of hydrogen-bond donors (Lipinski definition) is 3. The fourth-order valence-corrected chi connectivity index (χ4v) is 1.32. The number of carbonyl (C=O) groups is 1. The Morgan fingerprint density at radius 1 is 1.53 bits per heavy atom. The van der Waals surface area contributed by atoms with Crippen molar-refractivity contribution in [1.29, 1.82) is 0 Å². The lowest BCUT2D eigenvalue weighted by molar-refractivity contribution is -0.110. The molecule has 0 saturated carbocycles. The molecule has 1 rings (SSSR count). The van der Waals surface area contributed by atoms with Gasteiger partial charge in [-0.25, -0.2) is 0 Å². The van der Waals surface area contributed by atoms with Crippen molar-refractivity contribution in [2.24, 2.45) is 0 Å². The van der Waals surface area contributed by atoms with Crippen LogP contribution in [0.1, 0.15) is 5.56 Å².